The zero-order chi connectivity index (χ0) is 41.0. The van der Waals surface area contributed by atoms with Gasteiger partial charge in [-0.3, -0.25) is 28.8 Å². The van der Waals surface area contributed by atoms with Crippen LogP contribution >= 0.6 is 11.6 Å². The summed E-state index contributed by atoms with van der Waals surface area (Å²) in [7, 11) is -4.48. The molecule has 14 nitrogen and oxygen atoms in total. The van der Waals surface area contributed by atoms with Gasteiger partial charge in [0.25, 0.3) is 5.91 Å². The van der Waals surface area contributed by atoms with Crippen molar-refractivity contribution >= 4 is 57.3 Å². The van der Waals surface area contributed by atoms with Gasteiger partial charge in [-0.05, 0) is 99.4 Å². The van der Waals surface area contributed by atoms with Crippen molar-refractivity contribution in [3.05, 3.63) is 82.3 Å². The number of hydrogen-bond donors (Lipinski definition) is 3. The molecule has 5 atom stereocenters. The van der Waals surface area contributed by atoms with Crippen LogP contribution in [0.3, 0.4) is 0 Å². The second kappa shape index (κ2) is 17.5. The second-order valence-corrected chi connectivity index (χ2v) is 17.6. The first-order chi connectivity index (χ1) is 27.8. The number of halogens is 2. The van der Waals surface area contributed by atoms with E-state index in [-0.39, 0.29) is 50.7 Å². The molecule has 5 aliphatic rings. The zero-order valence-corrected chi connectivity index (χ0v) is 33.5. The van der Waals surface area contributed by atoms with Crippen molar-refractivity contribution in [2.45, 2.75) is 114 Å². The van der Waals surface area contributed by atoms with Crippen LogP contribution < -0.4 is 14.8 Å². The smallest absolute Gasteiger partial charge is 0.410 e. The van der Waals surface area contributed by atoms with E-state index in [0.29, 0.717) is 35.4 Å². The molecule has 0 radical (unpaired) electrons. The molecule has 3 N–H and O–H groups in total. The third-order valence-electron chi connectivity index (χ3n) is 11.6. The van der Waals surface area contributed by atoms with Gasteiger partial charge in [-0.1, -0.05) is 36.6 Å². The lowest BCUT2D eigenvalue weighted by molar-refractivity contribution is -0.154. The van der Waals surface area contributed by atoms with Crippen LogP contribution in [0.25, 0.3) is 0 Å². The summed E-state index contributed by atoms with van der Waals surface area (Å²) in [4.78, 5) is 72.2. The molecule has 3 fully saturated rings. The van der Waals surface area contributed by atoms with Crippen LogP contribution in [0.5, 0.6) is 0 Å². The van der Waals surface area contributed by atoms with Crippen molar-refractivity contribution in [1.29, 1.82) is 0 Å². The molecule has 0 unspecified atom stereocenters. The van der Waals surface area contributed by atoms with E-state index in [4.69, 9.17) is 21.1 Å². The van der Waals surface area contributed by atoms with Gasteiger partial charge in [0.2, 0.25) is 11.8 Å². The van der Waals surface area contributed by atoms with Gasteiger partial charge >= 0.3 is 22.3 Å². The first-order valence-electron chi connectivity index (χ1n) is 19.9. The van der Waals surface area contributed by atoms with Gasteiger partial charge in [0, 0.05) is 35.4 Å². The van der Waals surface area contributed by atoms with Gasteiger partial charge in [0.1, 0.15) is 29.6 Å². The SMILES string of the molecule is O=C(C[C@H]1CCCCCC=C=C[C@@H]2C[C@@]2(C(=O)NS(=O)(=O)Nc2ccc(Cl)cc2)NC(=O)[C@@H]2C[C@@H](OC(=O)N3Cc4cccc(F)c4C3)CN2C1=O)OC1CCCC1. The molecule has 2 aliphatic carbocycles. The van der Waals surface area contributed by atoms with Gasteiger partial charge in [-0.25, -0.2) is 13.9 Å². The number of anilines is 1. The molecule has 1 saturated heterocycles. The average Bonchev–Trinajstić information content (AvgIpc) is 3.60. The topological polar surface area (TPSA) is 181 Å². The van der Waals surface area contributed by atoms with Crippen LogP contribution in [0, 0.1) is 17.7 Å². The predicted octanol–water partition coefficient (Wildman–Crippen LogP) is 5.42. The quantitative estimate of drug-likeness (QED) is 0.231. The molecule has 3 heterocycles. The van der Waals surface area contributed by atoms with Crippen LogP contribution in [0.4, 0.5) is 14.9 Å². The Labute approximate surface area is 341 Å². The highest BCUT2D eigenvalue weighted by atomic mass is 35.5. The number of fused-ring (bicyclic) bond motifs is 3. The highest BCUT2D eigenvalue weighted by molar-refractivity contribution is 7.91. The molecule has 17 heteroatoms. The van der Waals surface area contributed by atoms with E-state index in [9.17, 15) is 36.8 Å². The molecule has 0 spiro atoms. The molecular formula is C41H47ClFN5O9S. The Balaban J connectivity index is 1.13. The van der Waals surface area contributed by atoms with Crippen LogP contribution in [0.1, 0.15) is 88.2 Å². The highest BCUT2D eigenvalue weighted by Crippen LogP contribution is 2.45. The molecule has 3 aliphatic heterocycles. The van der Waals surface area contributed by atoms with Gasteiger partial charge in [-0.2, -0.15) is 8.42 Å². The number of esters is 1. The van der Waals surface area contributed by atoms with E-state index < -0.39 is 75.3 Å². The summed E-state index contributed by atoms with van der Waals surface area (Å²) in [5.74, 6) is -4.68. The molecule has 4 amide bonds. The molecule has 2 aromatic carbocycles. The number of nitrogens with one attached hydrogen (secondary N) is 3. The van der Waals surface area contributed by atoms with E-state index in [2.05, 4.69) is 15.8 Å². The van der Waals surface area contributed by atoms with Gasteiger partial charge in [0.15, 0.2) is 0 Å². The maximum atomic E-state index is 14.5. The fraction of sp³-hybridized carbons (Fsp3) is 0.512. The predicted molar refractivity (Wildman–Crippen MR) is 209 cm³/mol. The lowest BCUT2D eigenvalue weighted by Crippen LogP contribution is -2.57. The van der Waals surface area contributed by atoms with E-state index in [0.717, 1.165) is 38.5 Å². The second-order valence-electron chi connectivity index (χ2n) is 15.8. The minimum atomic E-state index is -4.48. The summed E-state index contributed by atoms with van der Waals surface area (Å²) in [5.41, 5.74) is 2.53. The molecular weight excluding hydrogens is 793 g/mol. The maximum absolute atomic E-state index is 14.5. The Hall–Kier alpha value is -4.92. The van der Waals surface area contributed by atoms with Crippen molar-refractivity contribution in [3.63, 3.8) is 0 Å². The molecule has 7 rings (SSSR count). The van der Waals surface area contributed by atoms with Crippen molar-refractivity contribution in [2.75, 3.05) is 11.3 Å². The van der Waals surface area contributed by atoms with Crippen LogP contribution in [0.15, 0.2) is 60.3 Å². The largest absolute Gasteiger partial charge is 0.462 e. The average molecular weight is 840 g/mol. The molecule has 0 bridgehead atoms. The molecule has 2 saturated carbocycles. The third-order valence-corrected chi connectivity index (χ3v) is 12.8. The Bertz CT molecular complexity index is 2110. The van der Waals surface area contributed by atoms with E-state index in [1.54, 1.807) is 24.3 Å². The summed E-state index contributed by atoms with van der Waals surface area (Å²) in [6.45, 7) is -0.0775. The van der Waals surface area contributed by atoms with Crippen molar-refractivity contribution in [3.8, 4) is 0 Å². The fourth-order valence-electron chi connectivity index (χ4n) is 8.34. The zero-order valence-electron chi connectivity index (χ0n) is 31.9. The molecule has 310 valence electrons. The van der Waals surface area contributed by atoms with Crippen molar-refractivity contribution in [2.24, 2.45) is 11.8 Å². The number of ether oxygens (including phenoxy) is 2. The molecule has 2 aromatic rings. The Morgan fingerprint density at radius 1 is 0.966 bits per heavy atom. The number of amides is 4. The Morgan fingerprint density at radius 3 is 2.48 bits per heavy atom. The summed E-state index contributed by atoms with van der Waals surface area (Å²) >= 11 is 5.93. The normalized spacial score (nSPS) is 26.3. The lowest BCUT2D eigenvalue weighted by atomic mass is 9.95. The van der Waals surface area contributed by atoms with Crippen LogP contribution in [-0.4, -0.2) is 78.3 Å². The van der Waals surface area contributed by atoms with Gasteiger partial charge < -0.3 is 19.7 Å². The Morgan fingerprint density at radius 2 is 1.72 bits per heavy atom. The summed E-state index contributed by atoms with van der Waals surface area (Å²) in [6.07, 6.45) is 7.77. The number of nitrogens with zero attached hydrogens (tertiary/aromatic N) is 2. The van der Waals surface area contributed by atoms with E-state index >= 15 is 0 Å². The first-order valence-corrected chi connectivity index (χ1v) is 21.7. The lowest BCUT2D eigenvalue weighted by Gasteiger charge is -2.29. The molecule has 58 heavy (non-hydrogen) atoms. The molecule has 0 aromatic heterocycles. The number of carbonyl (C=O) groups excluding carboxylic acids is 5. The summed E-state index contributed by atoms with van der Waals surface area (Å²) in [6, 6.07) is 9.14. The van der Waals surface area contributed by atoms with Crippen molar-refractivity contribution < 1.29 is 46.3 Å². The number of carbonyl (C=O) groups is 5. The van der Waals surface area contributed by atoms with E-state index in [1.165, 1.54) is 40.1 Å². The number of benzene rings is 2. The van der Waals surface area contributed by atoms with Gasteiger partial charge in [-0.15, -0.1) is 5.73 Å². The minimum Gasteiger partial charge on any atom is -0.462 e. The first kappa shape index (κ1) is 41.2. The number of hydrogen-bond acceptors (Lipinski definition) is 9. The number of rotatable bonds is 8. The van der Waals surface area contributed by atoms with Crippen LogP contribution in [0.2, 0.25) is 5.02 Å². The summed E-state index contributed by atoms with van der Waals surface area (Å²) < 4.78 is 56.7. The fourth-order valence-corrected chi connectivity index (χ4v) is 9.39. The highest BCUT2D eigenvalue weighted by Gasteiger charge is 2.62. The minimum absolute atomic E-state index is 0.0118. The standard InChI is InChI=1S/C41H47ClFN5O9S/c42-29-16-18-30(19-17-29)45-58(54,55)46-39(52)41-22-28(41)12-6-4-2-1-3-5-10-26(20-36(49)56-31-13-7-8-14-31)38(51)48-24-32(21-35(48)37(50)44-41)57-40(53)47-23-27-11-9-15-34(43)33(27)25-47/h4,9,11-12,15-19,26,28,31-32,35,45H,1-3,5,7-8,10,13-14,20-25H2,(H,44,50)(H,46,52)/t6?,26-,28-,32-,35+,41-/m1/s1. The van der Waals surface area contributed by atoms with E-state index in [1.807, 2.05) is 4.72 Å². The van der Waals surface area contributed by atoms with Gasteiger partial charge in [0.05, 0.1) is 25.2 Å². The van der Waals surface area contributed by atoms with Crippen LogP contribution in [-0.2, 0) is 52.0 Å². The Kier molecular flexibility index (Phi) is 12.5. The maximum Gasteiger partial charge on any atom is 0.410 e. The summed E-state index contributed by atoms with van der Waals surface area (Å²) in [5, 5.41) is 3.14. The third kappa shape index (κ3) is 9.67. The van der Waals surface area contributed by atoms with Crippen molar-refractivity contribution in [1.82, 2.24) is 19.8 Å². The monoisotopic (exact) mass is 839 g/mol.